The minimum Gasteiger partial charge on any atom is -0.508 e. The van der Waals surface area contributed by atoms with Gasteiger partial charge in [0.05, 0.1) is 11.7 Å². The van der Waals surface area contributed by atoms with E-state index >= 15 is 0 Å². The van der Waals surface area contributed by atoms with Crippen molar-refractivity contribution in [2.75, 3.05) is 0 Å². The van der Waals surface area contributed by atoms with Crippen molar-refractivity contribution in [2.24, 2.45) is 17.6 Å². The molecule has 0 heterocycles. The molecule has 9 nitrogen and oxygen atoms in total. The minimum absolute atomic E-state index is 0.0248. The monoisotopic (exact) mass is 471 g/mol. The number of Topliss-reactive ketones (excluding diaryl/α,β-unsaturated/α-hetero) is 2. The van der Waals surface area contributed by atoms with E-state index in [4.69, 9.17) is 5.73 Å². The van der Waals surface area contributed by atoms with E-state index in [-0.39, 0.29) is 16.9 Å². The van der Waals surface area contributed by atoms with Crippen LogP contribution >= 0.6 is 0 Å². The third kappa shape index (κ3) is 2.83. The Morgan fingerprint density at radius 3 is 2.29 bits per heavy atom. The Balaban J connectivity index is 2.06. The van der Waals surface area contributed by atoms with Crippen LogP contribution in [0.15, 0.2) is 23.0 Å². The molecule has 0 spiro atoms. The van der Waals surface area contributed by atoms with Gasteiger partial charge in [-0.2, -0.15) is 0 Å². The van der Waals surface area contributed by atoms with Crippen LogP contribution in [0.4, 0.5) is 0 Å². The van der Waals surface area contributed by atoms with Gasteiger partial charge in [-0.15, -0.1) is 0 Å². The molecule has 34 heavy (non-hydrogen) atoms. The Hall–Kier alpha value is -3.17. The molecule has 3 aliphatic carbocycles. The number of benzene rings is 1. The summed E-state index contributed by atoms with van der Waals surface area (Å²) < 4.78 is 0. The van der Waals surface area contributed by atoms with Gasteiger partial charge in [-0.25, -0.2) is 0 Å². The number of aromatic hydroxyl groups is 1. The molecule has 5 atom stereocenters. The smallest absolute Gasteiger partial charge is 0.255 e. The molecule has 4 rings (SSSR count). The first-order valence-corrected chi connectivity index (χ1v) is 11.1. The van der Waals surface area contributed by atoms with Crippen LogP contribution in [0, 0.1) is 18.8 Å². The third-order valence-electron chi connectivity index (χ3n) is 7.61. The first-order valence-electron chi connectivity index (χ1n) is 11.1. The van der Waals surface area contributed by atoms with Gasteiger partial charge >= 0.3 is 0 Å². The van der Waals surface area contributed by atoms with Crippen molar-refractivity contribution in [2.45, 2.75) is 64.1 Å². The molecule has 1 fully saturated rings. The van der Waals surface area contributed by atoms with Crippen molar-refractivity contribution in [3.05, 3.63) is 45.2 Å². The lowest BCUT2D eigenvalue weighted by Gasteiger charge is -2.50. The number of aryl methyl sites for hydroxylation is 1. The lowest BCUT2D eigenvalue weighted by atomic mass is 9.55. The summed E-state index contributed by atoms with van der Waals surface area (Å²) in [6.07, 6.45) is -2.13. The Kier molecular flexibility index (Phi) is 5.05. The second-order valence-corrected chi connectivity index (χ2v) is 10.6. The van der Waals surface area contributed by atoms with Crippen molar-refractivity contribution in [3.8, 4) is 5.75 Å². The zero-order valence-corrected chi connectivity index (χ0v) is 19.6. The largest absolute Gasteiger partial charge is 0.508 e. The highest BCUT2D eigenvalue weighted by molar-refractivity contribution is 6.23. The molecule has 0 bridgehead atoms. The van der Waals surface area contributed by atoms with E-state index in [1.807, 2.05) is 20.8 Å². The summed E-state index contributed by atoms with van der Waals surface area (Å²) in [6.45, 7) is 9.15. The van der Waals surface area contributed by atoms with Crippen molar-refractivity contribution in [3.63, 3.8) is 0 Å². The van der Waals surface area contributed by atoms with E-state index < -0.39 is 75.9 Å². The number of phenols is 1. The number of hydrogen-bond donors (Lipinski definition) is 6. The van der Waals surface area contributed by atoms with E-state index in [9.17, 15) is 39.9 Å². The fraction of sp³-hybridized carbons (Fsp3) is 0.480. The fourth-order valence-corrected chi connectivity index (χ4v) is 5.97. The van der Waals surface area contributed by atoms with Crippen LogP contribution in [-0.2, 0) is 19.8 Å². The standard InChI is InChI=1S/C25H29NO8/c1-8-6-10(24(3,4)5)18(28)16-13(8)9(2)14-17(20(16)30)22(32)25(34)11(19(14)29)7-12(27)15(21(25)31)23(26)33/h6,9,11,14,19,28-31,34H,7H2,1-5H3,(H2,26,33)/t9-,11+,14+,19+,25+/m0/s1. The number of aliphatic hydroxyl groups is 4. The predicted octanol–water partition coefficient (Wildman–Crippen LogP) is 1.56. The van der Waals surface area contributed by atoms with Crippen LogP contribution < -0.4 is 5.73 Å². The number of hydrogen-bond acceptors (Lipinski definition) is 8. The lowest BCUT2D eigenvalue weighted by molar-refractivity contribution is -0.160. The van der Waals surface area contributed by atoms with Crippen molar-refractivity contribution >= 4 is 23.2 Å². The molecule has 182 valence electrons. The zero-order chi connectivity index (χ0) is 25.7. The highest BCUT2D eigenvalue weighted by Gasteiger charge is 2.65. The van der Waals surface area contributed by atoms with E-state index in [2.05, 4.69) is 0 Å². The summed E-state index contributed by atoms with van der Waals surface area (Å²) in [5.41, 5.74) is 2.39. The van der Waals surface area contributed by atoms with Gasteiger partial charge in [0.25, 0.3) is 5.91 Å². The molecule has 3 aliphatic rings. The minimum atomic E-state index is -2.83. The number of ketones is 2. The molecule has 0 saturated heterocycles. The van der Waals surface area contributed by atoms with Crippen molar-refractivity contribution < 1.29 is 39.9 Å². The number of fused-ring (bicyclic) bond motifs is 3. The average Bonchev–Trinajstić information content (AvgIpc) is 2.71. The van der Waals surface area contributed by atoms with Crippen LogP contribution in [-0.4, -0.2) is 54.7 Å². The van der Waals surface area contributed by atoms with Gasteiger partial charge in [-0.3, -0.25) is 14.4 Å². The Bertz CT molecular complexity index is 1230. The van der Waals surface area contributed by atoms with Crippen molar-refractivity contribution in [1.29, 1.82) is 0 Å². The lowest BCUT2D eigenvalue weighted by Crippen LogP contribution is -2.64. The molecule has 0 aliphatic heterocycles. The summed E-state index contributed by atoms with van der Waals surface area (Å²) >= 11 is 0. The molecule has 0 unspecified atom stereocenters. The second kappa shape index (κ2) is 7.16. The summed E-state index contributed by atoms with van der Waals surface area (Å²) in [6, 6.07) is 1.80. The maximum absolute atomic E-state index is 13.7. The quantitative estimate of drug-likeness (QED) is 0.334. The third-order valence-corrected chi connectivity index (χ3v) is 7.61. The van der Waals surface area contributed by atoms with Gasteiger partial charge in [0.2, 0.25) is 5.78 Å². The first kappa shape index (κ1) is 24.0. The maximum atomic E-state index is 13.7. The number of carbonyl (C=O) groups is 3. The highest BCUT2D eigenvalue weighted by Crippen LogP contribution is 2.57. The van der Waals surface area contributed by atoms with Crippen LogP contribution in [0.3, 0.4) is 0 Å². The van der Waals surface area contributed by atoms with Crippen LogP contribution in [0.5, 0.6) is 5.75 Å². The Morgan fingerprint density at radius 1 is 1.18 bits per heavy atom. The molecule has 7 N–H and O–H groups in total. The Labute approximate surface area is 196 Å². The van der Waals surface area contributed by atoms with E-state index in [1.54, 1.807) is 19.9 Å². The van der Waals surface area contributed by atoms with Gasteiger partial charge in [0, 0.05) is 29.4 Å². The van der Waals surface area contributed by atoms with Crippen LogP contribution in [0.1, 0.15) is 62.3 Å². The predicted molar refractivity (Wildman–Crippen MR) is 121 cm³/mol. The normalized spacial score (nSPS) is 31.3. The second-order valence-electron chi connectivity index (χ2n) is 10.6. The molecule has 1 amide bonds. The van der Waals surface area contributed by atoms with Gasteiger partial charge < -0.3 is 31.3 Å². The summed E-state index contributed by atoms with van der Waals surface area (Å²) in [5.74, 6) is -8.51. The molecule has 0 radical (unpaired) electrons. The van der Waals surface area contributed by atoms with Gasteiger partial charge in [0.15, 0.2) is 11.4 Å². The molecular weight excluding hydrogens is 442 g/mol. The first-order chi connectivity index (χ1) is 15.6. The molecule has 0 aromatic heterocycles. The molecule has 1 aromatic carbocycles. The van der Waals surface area contributed by atoms with Gasteiger partial charge in [-0.05, 0) is 29.4 Å². The van der Waals surface area contributed by atoms with Gasteiger partial charge in [0.1, 0.15) is 22.8 Å². The topological polar surface area (TPSA) is 178 Å². The van der Waals surface area contributed by atoms with Gasteiger partial charge in [-0.1, -0.05) is 33.8 Å². The van der Waals surface area contributed by atoms with E-state index in [0.29, 0.717) is 11.1 Å². The van der Waals surface area contributed by atoms with E-state index in [1.165, 1.54) is 0 Å². The SMILES string of the molecule is Cc1cc(C(C)(C)C)c(O)c2c1[C@H](C)[C@@H]1C(=C2O)C(=O)[C@]2(O)C(O)=C(C(N)=O)C(=O)C[C@@H]2[C@H]1O. The van der Waals surface area contributed by atoms with E-state index in [0.717, 1.165) is 5.56 Å². The molecule has 1 aromatic rings. The van der Waals surface area contributed by atoms with Crippen LogP contribution in [0.25, 0.3) is 5.76 Å². The zero-order valence-electron chi connectivity index (χ0n) is 19.6. The number of primary amides is 1. The molecule has 9 heteroatoms. The fourth-order valence-electron chi connectivity index (χ4n) is 5.97. The number of aliphatic hydroxyl groups excluding tert-OH is 3. The maximum Gasteiger partial charge on any atom is 0.255 e. The average molecular weight is 472 g/mol. The van der Waals surface area contributed by atoms with Crippen LogP contribution in [0.2, 0.25) is 0 Å². The molecule has 1 saturated carbocycles. The summed E-state index contributed by atoms with van der Waals surface area (Å²) in [7, 11) is 0. The number of amides is 1. The number of carbonyl (C=O) groups excluding carboxylic acids is 3. The number of rotatable bonds is 1. The summed E-state index contributed by atoms with van der Waals surface area (Å²) in [5, 5.41) is 55.7. The Morgan fingerprint density at radius 2 is 1.76 bits per heavy atom. The summed E-state index contributed by atoms with van der Waals surface area (Å²) in [4.78, 5) is 37.9. The number of nitrogens with two attached hydrogens (primary N) is 1. The van der Waals surface area contributed by atoms with Crippen molar-refractivity contribution in [1.82, 2.24) is 0 Å². The number of phenolic OH excluding ortho intramolecular Hbond substituents is 1. The highest BCUT2D eigenvalue weighted by atomic mass is 16.4. The molecular formula is C25H29NO8.